The Morgan fingerprint density at radius 2 is 2.08 bits per heavy atom. The molecular formula is C9H11N3O. The first-order chi connectivity index (χ1) is 6.20. The maximum absolute atomic E-state index is 11.3. The Morgan fingerprint density at radius 3 is 2.77 bits per heavy atom. The monoisotopic (exact) mass is 177 g/mol. The highest BCUT2D eigenvalue weighted by Crippen LogP contribution is 2.12. The van der Waals surface area contributed by atoms with Crippen LogP contribution in [0.1, 0.15) is 19.9 Å². The molecule has 0 unspecified atom stereocenters. The van der Waals surface area contributed by atoms with Crippen LogP contribution in [0.15, 0.2) is 24.3 Å². The molecule has 0 radical (unpaired) electrons. The SMILES string of the molecule is CC(C)n1n[n+]([O-])c2ccccc21. The molecule has 68 valence electrons. The molecule has 0 aliphatic rings. The zero-order chi connectivity index (χ0) is 9.42. The molecule has 0 fully saturated rings. The Balaban J connectivity index is 2.78. The molecule has 0 atom stereocenters. The van der Waals surface area contributed by atoms with E-state index in [1.165, 1.54) is 0 Å². The van der Waals surface area contributed by atoms with E-state index in [1.54, 1.807) is 10.7 Å². The fourth-order valence-electron chi connectivity index (χ4n) is 1.38. The van der Waals surface area contributed by atoms with Gasteiger partial charge in [0.25, 0.3) is 0 Å². The Kier molecular flexibility index (Phi) is 1.69. The summed E-state index contributed by atoms with van der Waals surface area (Å²) in [5.41, 5.74) is 1.50. The van der Waals surface area contributed by atoms with Gasteiger partial charge in [-0.05, 0) is 26.0 Å². The van der Waals surface area contributed by atoms with Gasteiger partial charge in [-0.15, -0.1) is 9.53 Å². The standard InChI is InChI=1S/C9H11N3O/c1-7(2)11-8-5-3-4-6-9(8)12(13)10-11/h3-7H,1-2H3. The average molecular weight is 177 g/mol. The fraction of sp³-hybridized carbons (Fsp3) is 0.333. The highest BCUT2D eigenvalue weighted by Gasteiger charge is 2.15. The number of para-hydroxylation sites is 2. The molecule has 0 saturated heterocycles. The lowest BCUT2D eigenvalue weighted by Crippen LogP contribution is -2.29. The van der Waals surface area contributed by atoms with Crippen LogP contribution in [0.25, 0.3) is 11.0 Å². The topological polar surface area (TPSA) is 44.8 Å². The van der Waals surface area contributed by atoms with E-state index in [2.05, 4.69) is 5.21 Å². The minimum atomic E-state index is 0.208. The van der Waals surface area contributed by atoms with E-state index in [0.717, 1.165) is 5.52 Å². The number of fused-ring (bicyclic) bond motifs is 1. The Bertz CT molecular complexity index is 433. The van der Waals surface area contributed by atoms with Gasteiger partial charge < -0.3 is 5.21 Å². The van der Waals surface area contributed by atoms with Crippen LogP contribution in [0.2, 0.25) is 0 Å². The molecule has 0 saturated carbocycles. The quantitative estimate of drug-likeness (QED) is 0.486. The molecule has 0 spiro atoms. The first kappa shape index (κ1) is 8.04. The number of hydrogen-bond acceptors (Lipinski definition) is 2. The van der Waals surface area contributed by atoms with Gasteiger partial charge in [-0.25, -0.2) is 0 Å². The lowest BCUT2D eigenvalue weighted by atomic mass is 10.3. The van der Waals surface area contributed by atoms with E-state index >= 15 is 0 Å². The predicted molar refractivity (Wildman–Crippen MR) is 49.1 cm³/mol. The van der Waals surface area contributed by atoms with Gasteiger partial charge in [-0.2, -0.15) is 0 Å². The van der Waals surface area contributed by atoms with E-state index < -0.39 is 0 Å². The average Bonchev–Trinajstić information content (AvgIpc) is 2.45. The highest BCUT2D eigenvalue weighted by atomic mass is 16.5. The van der Waals surface area contributed by atoms with Crippen LogP contribution in [0.4, 0.5) is 0 Å². The predicted octanol–water partition coefficient (Wildman–Crippen LogP) is 1.25. The third-order valence-electron chi connectivity index (χ3n) is 2.00. The van der Waals surface area contributed by atoms with Crippen molar-refractivity contribution in [2.24, 2.45) is 0 Å². The largest absolute Gasteiger partial charge is 0.691 e. The van der Waals surface area contributed by atoms with Crippen molar-refractivity contribution in [1.82, 2.24) is 9.90 Å². The zero-order valence-corrected chi connectivity index (χ0v) is 7.64. The van der Waals surface area contributed by atoms with Gasteiger partial charge in [-0.3, -0.25) is 0 Å². The van der Waals surface area contributed by atoms with E-state index in [-0.39, 0.29) is 6.04 Å². The second-order valence-electron chi connectivity index (χ2n) is 3.29. The van der Waals surface area contributed by atoms with Gasteiger partial charge in [-0.1, -0.05) is 12.1 Å². The molecular weight excluding hydrogens is 166 g/mol. The van der Waals surface area contributed by atoms with Crippen LogP contribution in [-0.4, -0.2) is 9.90 Å². The van der Waals surface area contributed by atoms with Crippen molar-refractivity contribution in [2.75, 3.05) is 0 Å². The summed E-state index contributed by atoms with van der Waals surface area (Å²) in [6.07, 6.45) is 0. The van der Waals surface area contributed by atoms with Crippen LogP contribution in [0.3, 0.4) is 0 Å². The lowest BCUT2D eigenvalue weighted by Gasteiger charge is -1.96. The highest BCUT2D eigenvalue weighted by molar-refractivity contribution is 5.70. The van der Waals surface area contributed by atoms with Crippen molar-refractivity contribution in [1.29, 1.82) is 0 Å². The van der Waals surface area contributed by atoms with Crippen LogP contribution in [0, 0.1) is 5.21 Å². The number of hydrogen-bond donors (Lipinski definition) is 0. The van der Waals surface area contributed by atoms with Crippen LogP contribution in [0.5, 0.6) is 0 Å². The lowest BCUT2D eigenvalue weighted by molar-refractivity contribution is -0.646. The third kappa shape index (κ3) is 1.14. The van der Waals surface area contributed by atoms with Crippen molar-refractivity contribution in [3.8, 4) is 0 Å². The van der Waals surface area contributed by atoms with Gasteiger partial charge in [0.2, 0.25) is 5.52 Å². The number of rotatable bonds is 1. The summed E-state index contributed by atoms with van der Waals surface area (Å²) in [7, 11) is 0. The van der Waals surface area contributed by atoms with Crippen molar-refractivity contribution < 1.29 is 4.85 Å². The Morgan fingerprint density at radius 1 is 1.38 bits per heavy atom. The second-order valence-corrected chi connectivity index (χ2v) is 3.29. The minimum Gasteiger partial charge on any atom is -0.691 e. The van der Waals surface area contributed by atoms with Gasteiger partial charge in [0, 0.05) is 0 Å². The molecule has 1 aromatic heterocycles. The summed E-state index contributed by atoms with van der Waals surface area (Å²) >= 11 is 0. The fourth-order valence-corrected chi connectivity index (χ4v) is 1.38. The molecule has 13 heavy (non-hydrogen) atoms. The maximum atomic E-state index is 11.3. The summed E-state index contributed by atoms with van der Waals surface area (Å²) in [6.45, 7) is 4.00. The summed E-state index contributed by atoms with van der Waals surface area (Å²) in [5, 5.41) is 15.2. The van der Waals surface area contributed by atoms with E-state index in [1.807, 2.05) is 32.0 Å². The Labute approximate surface area is 76.0 Å². The first-order valence-electron chi connectivity index (χ1n) is 4.27. The minimum absolute atomic E-state index is 0.208. The first-order valence-corrected chi connectivity index (χ1v) is 4.27. The molecule has 0 bridgehead atoms. The molecule has 0 N–H and O–H groups in total. The molecule has 0 aliphatic carbocycles. The number of benzene rings is 1. The molecule has 2 rings (SSSR count). The summed E-state index contributed by atoms with van der Waals surface area (Å²) in [4.78, 5) is 0.662. The van der Waals surface area contributed by atoms with Crippen molar-refractivity contribution in [3.05, 3.63) is 29.5 Å². The summed E-state index contributed by atoms with van der Waals surface area (Å²) < 4.78 is 1.72. The van der Waals surface area contributed by atoms with E-state index in [0.29, 0.717) is 10.4 Å². The molecule has 0 amide bonds. The molecule has 4 nitrogen and oxygen atoms in total. The van der Waals surface area contributed by atoms with Crippen molar-refractivity contribution in [3.63, 3.8) is 0 Å². The normalized spacial score (nSPS) is 11.3. The van der Waals surface area contributed by atoms with Gasteiger partial charge >= 0.3 is 0 Å². The van der Waals surface area contributed by atoms with Crippen LogP contribution in [-0.2, 0) is 0 Å². The van der Waals surface area contributed by atoms with Crippen molar-refractivity contribution >= 4 is 11.0 Å². The van der Waals surface area contributed by atoms with E-state index in [4.69, 9.17) is 0 Å². The van der Waals surface area contributed by atoms with Crippen LogP contribution >= 0.6 is 0 Å². The number of nitrogens with zero attached hydrogens (tertiary/aromatic N) is 3. The van der Waals surface area contributed by atoms with Gasteiger partial charge in [0.15, 0.2) is 5.52 Å². The van der Waals surface area contributed by atoms with Gasteiger partial charge in [0.1, 0.15) is 6.04 Å². The smallest absolute Gasteiger partial charge is 0.202 e. The molecule has 2 aromatic rings. The van der Waals surface area contributed by atoms with Crippen molar-refractivity contribution in [2.45, 2.75) is 19.9 Å². The summed E-state index contributed by atoms with van der Waals surface area (Å²) in [5.74, 6) is 0. The molecule has 0 aliphatic heterocycles. The summed E-state index contributed by atoms with van der Waals surface area (Å²) in [6, 6.07) is 7.62. The van der Waals surface area contributed by atoms with Gasteiger partial charge in [0.05, 0.1) is 5.21 Å². The maximum Gasteiger partial charge on any atom is 0.202 e. The van der Waals surface area contributed by atoms with E-state index in [9.17, 15) is 5.21 Å². The third-order valence-corrected chi connectivity index (χ3v) is 2.00. The van der Waals surface area contributed by atoms with Crippen LogP contribution < -0.4 is 4.85 Å². The molecule has 1 aromatic carbocycles. The molecule has 1 heterocycles. The molecule has 4 heteroatoms. The number of aromatic nitrogens is 3. The second kappa shape index (κ2) is 2.73. The zero-order valence-electron chi connectivity index (χ0n) is 7.64. The Hall–Kier alpha value is -1.58.